The Hall–Kier alpha value is -1.45. The molecule has 0 saturated carbocycles. The molecule has 62 valence electrons. The van der Waals surface area contributed by atoms with E-state index in [2.05, 4.69) is 28.9 Å². The third kappa shape index (κ3) is 1.05. The molecule has 4 heteroatoms. The van der Waals surface area contributed by atoms with Crippen LogP contribution in [0.2, 0.25) is 0 Å². The van der Waals surface area contributed by atoms with E-state index < -0.39 is 0 Å². The fourth-order valence-electron chi connectivity index (χ4n) is 1.04. The first-order valence-corrected chi connectivity index (χ1v) is 3.92. The summed E-state index contributed by atoms with van der Waals surface area (Å²) in [4.78, 5) is 8.26. The van der Waals surface area contributed by atoms with Crippen molar-refractivity contribution in [3.8, 4) is 0 Å². The zero-order chi connectivity index (χ0) is 8.55. The number of rotatable bonds is 1. The standard InChI is InChI=1S/C8H10N4/c1-6(2)7-4-12-8(3-9-7)10-5-11-12/h3-6H,1-2H3. The van der Waals surface area contributed by atoms with Crippen molar-refractivity contribution in [1.29, 1.82) is 0 Å². The summed E-state index contributed by atoms with van der Waals surface area (Å²) < 4.78 is 1.74. The summed E-state index contributed by atoms with van der Waals surface area (Å²) in [7, 11) is 0. The molecule has 0 spiro atoms. The lowest BCUT2D eigenvalue weighted by atomic mass is 10.1. The van der Waals surface area contributed by atoms with Crippen LogP contribution in [0.15, 0.2) is 18.7 Å². The molecule has 0 saturated heterocycles. The molecule has 0 unspecified atom stereocenters. The van der Waals surface area contributed by atoms with Gasteiger partial charge < -0.3 is 0 Å². The van der Waals surface area contributed by atoms with Gasteiger partial charge in [0.25, 0.3) is 0 Å². The van der Waals surface area contributed by atoms with Crippen LogP contribution in [0.1, 0.15) is 25.5 Å². The minimum atomic E-state index is 0.429. The number of fused-ring (bicyclic) bond motifs is 1. The van der Waals surface area contributed by atoms with Gasteiger partial charge in [-0.15, -0.1) is 0 Å². The van der Waals surface area contributed by atoms with Crippen molar-refractivity contribution in [1.82, 2.24) is 19.6 Å². The van der Waals surface area contributed by atoms with Crippen molar-refractivity contribution in [2.24, 2.45) is 0 Å². The lowest BCUT2D eigenvalue weighted by molar-refractivity contribution is 0.792. The van der Waals surface area contributed by atoms with Gasteiger partial charge in [0.05, 0.1) is 18.1 Å². The van der Waals surface area contributed by atoms with Crippen LogP contribution >= 0.6 is 0 Å². The fourth-order valence-corrected chi connectivity index (χ4v) is 1.04. The average Bonchev–Trinajstić information content (AvgIpc) is 2.49. The van der Waals surface area contributed by atoms with E-state index in [0.29, 0.717) is 5.92 Å². The van der Waals surface area contributed by atoms with Crippen LogP contribution in [-0.4, -0.2) is 19.6 Å². The largest absolute Gasteiger partial charge is 0.255 e. The van der Waals surface area contributed by atoms with Gasteiger partial charge in [-0.05, 0) is 5.92 Å². The Kier molecular flexibility index (Phi) is 1.53. The van der Waals surface area contributed by atoms with Crippen LogP contribution in [0.4, 0.5) is 0 Å². The third-order valence-electron chi connectivity index (χ3n) is 1.78. The van der Waals surface area contributed by atoms with Crippen LogP contribution in [0.5, 0.6) is 0 Å². The van der Waals surface area contributed by atoms with Crippen molar-refractivity contribution in [3.05, 3.63) is 24.4 Å². The SMILES string of the molecule is CC(C)c1cn2ncnc2cn1. The normalized spacial score (nSPS) is 11.2. The van der Waals surface area contributed by atoms with E-state index in [0.717, 1.165) is 11.3 Å². The van der Waals surface area contributed by atoms with Crippen LogP contribution in [0, 0.1) is 0 Å². The minimum absolute atomic E-state index is 0.429. The van der Waals surface area contributed by atoms with Crippen molar-refractivity contribution in [3.63, 3.8) is 0 Å². The van der Waals surface area contributed by atoms with Gasteiger partial charge in [-0.2, -0.15) is 5.10 Å². The summed E-state index contributed by atoms with van der Waals surface area (Å²) in [5, 5.41) is 4.03. The molecule has 2 heterocycles. The highest BCUT2D eigenvalue weighted by Gasteiger charge is 2.02. The van der Waals surface area contributed by atoms with Gasteiger partial charge in [-0.1, -0.05) is 13.8 Å². The molecular formula is C8H10N4. The zero-order valence-corrected chi connectivity index (χ0v) is 7.10. The quantitative estimate of drug-likeness (QED) is 0.633. The first kappa shape index (κ1) is 7.21. The Labute approximate surface area is 70.3 Å². The monoisotopic (exact) mass is 162 g/mol. The minimum Gasteiger partial charge on any atom is -0.255 e. The van der Waals surface area contributed by atoms with E-state index in [4.69, 9.17) is 0 Å². The predicted molar refractivity (Wildman–Crippen MR) is 44.9 cm³/mol. The Morgan fingerprint density at radius 2 is 2.17 bits per heavy atom. The topological polar surface area (TPSA) is 43.1 Å². The molecule has 0 amide bonds. The van der Waals surface area contributed by atoms with Crippen molar-refractivity contribution >= 4 is 5.65 Å². The molecule has 2 rings (SSSR count). The summed E-state index contributed by atoms with van der Waals surface area (Å²) in [6.45, 7) is 4.20. The van der Waals surface area contributed by atoms with Crippen LogP contribution < -0.4 is 0 Å². The summed E-state index contributed by atoms with van der Waals surface area (Å²) >= 11 is 0. The predicted octanol–water partition coefficient (Wildman–Crippen LogP) is 1.25. The van der Waals surface area contributed by atoms with E-state index >= 15 is 0 Å². The molecule has 0 bridgehead atoms. The first-order valence-electron chi connectivity index (χ1n) is 3.92. The fraction of sp³-hybridized carbons (Fsp3) is 0.375. The number of nitrogens with zero attached hydrogens (tertiary/aromatic N) is 4. The Morgan fingerprint density at radius 3 is 2.92 bits per heavy atom. The van der Waals surface area contributed by atoms with Gasteiger partial charge >= 0.3 is 0 Å². The highest BCUT2D eigenvalue weighted by Crippen LogP contribution is 2.10. The molecule has 4 nitrogen and oxygen atoms in total. The molecule has 12 heavy (non-hydrogen) atoms. The molecule has 0 aliphatic heterocycles. The Balaban J connectivity index is 2.60. The maximum Gasteiger partial charge on any atom is 0.173 e. The number of aromatic nitrogens is 4. The Bertz CT molecular complexity index is 391. The third-order valence-corrected chi connectivity index (χ3v) is 1.78. The van der Waals surface area contributed by atoms with E-state index in [1.165, 1.54) is 6.33 Å². The molecule has 0 aromatic carbocycles. The lowest BCUT2D eigenvalue weighted by Gasteiger charge is -2.02. The molecule has 0 fully saturated rings. The molecular weight excluding hydrogens is 152 g/mol. The molecule has 0 N–H and O–H groups in total. The van der Waals surface area contributed by atoms with Crippen LogP contribution in [0.3, 0.4) is 0 Å². The highest BCUT2D eigenvalue weighted by atomic mass is 15.3. The van der Waals surface area contributed by atoms with Gasteiger partial charge in [0.15, 0.2) is 5.65 Å². The smallest absolute Gasteiger partial charge is 0.173 e. The molecule has 2 aromatic heterocycles. The van der Waals surface area contributed by atoms with Gasteiger partial charge in [-0.3, -0.25) is 4.98 Å². The average molecular weight is 162 g/mol. The molecule has 0 atom stereocenters. The summed E-state index contributed by atoms with van der Waals surface area (Å²) in [5.74, 6) is 0.429. The molecule has 0 aliphatic rings. The van der Waals surface area contributed by atoms with E-state index in [9.17, 15) is 0 Å². The van der Waals surface area contributed by atoms with Gasteiger partial charge in [-0.25, -0.2) is 9.50 Å². The van der Waals surface area contributed by atoms with E-state index in [-0.39, 0.29) is 0 Å². The summed E-state index contributed by atoms with van der Waals surface area (Å²) in [6, 6.07) is 0. The molecule has 0 aliphatic carbocycles. The second-order valence-electron chi connectivity index (χ2n) is 3.03. The number of hydrogen-bond acceptors (Lipinski definition) is 3. The summed E-state index contributed by atoms with van der Waals surface area (Å²) in [6.07, 6.45) is 5.18. The van der Waals surface area contributed by atoms with E-state index in [1.807, 2.05) is 6.20 Å². The van der Waals surface area contributed by atoms with Gasteiger partial charge in [0.2, 0.25) is 0 Å². The second-order valence-corrected chi connectivity index (χ2v) is 3.03. The lowest BCUT2D eigenvalue weighted by Crippen LogP contribution is -1.97. The molecule has 2 aromatic rings. The maximum absolute atomic E-state index is 4.26. The van der Waals surface area contributed by atoms with Gasteiger partial charge in [0, 0.05) is 0 Å². The molecule has 0 radical (unpaired) electrons. The van der Waals surface area contributed by atoms with Crippen LogP contribution in [0.25, 0.3) is 5.65 Å². The van der Waals surface area contributed by atoms with Gasteiger partial charge in [0.1, 0.15) is 6.33 Å². The highest BCUT2D eigenvalue weighted by molar-refractivity contribution is 5.32. The van der Waals surface area contributed by atoms with Crippen LogP contribution in [-0.2, 0) is 0 Å². The summed E-state index contributed by atoms with van der Waals surface area (Å²) in [5.41, 5.74) is 1.83. The maximum atomic E-state index is 4.26. The first-order chi connectivity index (χ1) is 5.77. The second kappa shape index (κ2) is 2.55. The Morgan fingerprint density at radius 1 is 1.33 bits per heavy atom. The van der Waals surface area contributed by atoms with Crippen molar-refractivity contribution in [2.75, 3.05) is 0 Å². The van der Waals surface area contributed by atoms with Crippen molar-refractivity contribution < 1.29 is 0 Å². The number of hydrogen-bond donors (Lipinski definition) is 0. The van der Waals surface area contributed by atoms with Crippen molar-refractivity contribution in [2.45, 2.75) is 19.8 Å². The van der Waals surface area contributed by atoms with E-state index in [1.54, 1.807) is 10.7 Å². The zero-order valence-electron chi connectivity index (χ0n) is 7.10.